The first kappa shape index (κ1) is 11.5. The molecule has 0 radical (unpaired) electrons. The number of rotatable bonds is 4. The van der Waals surface area contributed by atoms with Crippen molar-refractivity contribution < 1.29 is 5.11 Å². The van der Waals surface area contributed by atoms with E-state index in [-0.39, 0.29) is 12.1 Å². The molecule has 0 aliphatic carbocycles. The van der Waals surface area contributed by atoms with E-state index in [0.29, 0.717) is 6.54 Å². The van der Waals surface area contributed by atoms with Gasteiger partial charge in [-0.05, 0) is 31.5 Å². The van der Waals surface area contributed by atoms with Crippen LogP contribution in [0.5, 0.6) is 0 Å². The quantitative estimate of drug-likeness (QED) is 0.805. The van der Waals surface area contributed by atoms with Gasteiger partial charge in [0.25, 0.3) is 0 Å². The molecule has 1 aromatic rings. The molecule has 0 spiro atoms. The maximum Gasteiger partial charge on any atom is 0.0636 e. The fraction of sp³-hybridized carbons (Fsp3) is 0.455. The van der Waals surface area contributed by atoms with Gasteiger partial charge in [0.2, 0.25) is 0 Å². The third kappa shape index (κ3) is 3.66. The van der Waals surface area contributed by atoms with E-state index in [9.17, 15) is 0 Å². The highest BCUT2D eigenvalue weighted by molar-refractivity contribution is 6.30. The van der Waals surface area contributed by atoms with E-state index in [4.69, 9.17) is 16.7 Å². The van der Waals surface area contributed by atoms with Crippen molar-refractivity contribution in [2.24, 2.45) is 0 Å². The number of aliphatic hydroxyl groups is 1. The predicted octanol–water partition coefficient (Wildman–Crippen LogP) is 2.37. The zero-order valence-corrected chi connectivity index (χ0v) is 9.25. The Labute approximate surface area is 89.9 Å². The van der Waals surface area contributed by atoms with Crippen LogP contribution in [-0.4, -0.2) is 17.8 Å². The van der Waals surface area contributed by atoms with E-state index in [0.717, 1.165) is 10.6 Å². The lowest BCUT2D eigenvalue weighted by molar-refractivity contribution is 0.187. The molecule has 1 unspecified atom stereocenters. The average Bonchev–Trinajstić information content (AvgIpc) is 2.14. The molecule has 2 N–H and O–H groups in total. The van der Waals surface area contributed by atoms with Crippen molar-refractivity contribution in [3.05, 3.63) is 34.9 Å². The number of hydrogen-bond donors (Lipinski definition) is 2. The van der Waals surface area contributed by atoms with Gasteiger partial charge in [0.1, 0.15) is 0 Å². The van der Waals surface area contributed by atoms with Crippen LogP contribution in [0, 0.1) is 0 Å². The summed E-state index contributed by atoms with van der Waals surface area (Å²) in [5.41, 5.74) is 1.14. The van der Waals surface area contributed by atoms with Gasteiger partial charge >= 0.3 is 0 Å². The molecular formula is C11H16ClNO. The Morgan fingerprint density at radius 2 is 2.14 bits per heavy atom. The first-order valence-corrected chi connectivity index (χ1v) is 5.14. The topological polar surface area (TPSA) is 32.3 Å². The second-order valence-electron chi connectivity index (χ2n) is 3.53. The number of aliphatic hydroxyl groups excluding tert-OH is 1. The SMILES string of the molecule is CC(NC[C@@H](C)O)c1cccc(Cl)c1. The Bertz CT molecular complexity index is 288. The monoisotopic (exact) mass is 213 g/mol. The number of hydrogen-bond acceptors (Lipinski definition) is 2. The van der Waals surface area contributed by atoms with Crippen molar-refractivity contribution in [2.75, 3.05) is 6.54 Å². The van der Waals surface area contributed by atoms with E-state index >= 15 is 0 Å². The minimum absolute atomic E-state index is 0.211. The molecule has 78 valence electrons. The molecule has 0 bridgehead atoms. The molecule has 0 fully saturated rings. The summed E-state index contributed by atoms with van der Waals surface area (Å²) in [6, 6.07) is 7.95. The van der Waals surface area contributed by atoms with Gasteiger partial charge in [-0.3, -0.25) is 0 Å². The molecule has 2 nitrogen and oxygen atoms in total. The normalized spacial score (nSPS) is 15.1. The van der Waals surface area contributed by atoms with Gasteiger partial charge in [0.05, 0.1) is 6.10 Å². The van der Waals surface area contributed by atoms with E-state index in [1.54, 1.807) is 6.92 Å². The molecule has 1 aromatic carbocycles. The third-order valence-corrected chi connectivity index (χ3v) is 2.30. The lowest BCUT2D eigenvalue weighted by Crippen LogP contribution is -2.27. The molecule has 3 heteroatoms. The lowest BCUT2D eigenvalue weighted by atomic mass is 10.1. The second kappa shape index (κ2) is 5.35. The van der Waals surface area contributed by atoms with Crippen molar-refractivity contribution in [1.82, 2.24) is 5.32 Å². The summed E-state index contributed by atoms with van der Waals surface area (Å²) in [4.78, 5) is 0. The first-order chi connectivity index (χ1) is 6.59. The molecule has 0 amide bonds. The number of nitrogens with one attached hydrogen (secondary N) is 1. The van der Waals surface area contributed by atoms with Gasteiger partial charge in [-0.15, -0.1) is 0 Å². The maximum atomic E-state index is 9.11. The predicted molar refractivity (Wildman–Crippen MR) is 59.6 cm³/mol. The van der Waals surface area contributed by atoms with Gasteiger partial charge in [0.15, 0.2) is 0 Å². The van der Waals surface area contributed by atoms with Crippen LogP contribution in [-0.2, 0) is 0 Å². The van der Waals surface area contributed by atoms with E-state index in [1.807, 2.05) is 31.2 Å². The highest BCUT2D eigenvalue weighted by Crippen LogP contribution is 2.16. The van der Waals surface area contributed by atoms with Crippen LogP contribution < -0.4 is 5.32 Å². The zero-order valence-electron chi connectivity index (χ0n) is 8.50. The van der Waals surface area contributed by atoms with Crippen LogP contribution in [0.4, 0.5) is 0 Å². The largest absolute Gasteiger partial charge is 0.392 e. The molecule has 0 heterocycles. The Hall–Kier alpha value is -0.570. The fourth-order valence-electron chi connectivity index (χ4n) is 1.24. The molecule has 2 atom stereocenters. The summed E-state index contributed by atoms with van der Waals surface area (Å²) >= 11 is 5.87. The summed E-state index contributed by atoms with van der Waals surface area (Å²) in [5, 5.41) is 13.1. The zero-order chi connectivity index (χ0) is 10.6. The minimum Gasteiger partial charge on any atom is -0.392 e. The van der Waals surface area contributed by atoms with Gasteiger partial charge in [0, 0.05) is 17.6 Å². The van der Waals surface area contributed by atoms with Crippen molar-refractivity contribution in [1.29, 1.82) is 0 Å². The van der Waals surface area contributed by atoms with E-state index in [1.165, 1.54) is 0 Å². The van der Waals surface area contributed by atoms with Crippen LogP contribution in [0.15, 0.2) is 24.3 Å². The summed E-state index contributed by atoms with van der Waals surface area (Å²) < 4.78 is 0. The Kier molecular flexibility index (Phi) is 4.39. The van der Waals surface area contributed by atoms with Crippen LogP contribution in [0.3, 0.4) is 0 Å². The Morgan fingerprint density at radius 1 is 1.43 bits per heavy atom. The second-order valence-corrected chi connectivity index (χ2v) is 3.97. The molecule has 0 saturated heterocycles. The summed E-state index contributed by atoms with van der Waals surface area (Å²) in [6.07, 6.45) is -0.323. The van der Waals surface area contributed by atoms with Crippen LogP contribution in [0.25, 0.3) is 0 Å². The Balaban J connectivity index is 2.56. The maximum absolute atomic E-state index is 9.11. The van der Waals surface area contributed by atoms with Gasteiger partial charge < -0.3 is 10.4 Å². The van der Waals surface area contributed by atoms with Crippen molar-refractivity contribution in [3.8, 4) is 0 Å². The smallest absolute Gasteiger partial charge is 0.0636 e. The summed E-state index contributed by atoms with van der Waals surface area (Å²) in [7, 11) is 0. The minimum atomic E-state index is -0.323. The standard InChI is InChI=1S/C11H16ClNO/c1-8(14)7-13-9(2)10-4-3-5-11(12)6-10/h3-6,8-9,13-14H,7H2,1-2H3/t8-,9?/m1/s1. The molecule has 0 aliphatic heterocycles. The molecule has 0 aliphatic rings. The third-order valence-electron chi connectivity index (χ3n) is 2.07. The van der Waals surface area contributed by atoms with E-state index < -0.39 is 0 Å². The van der Waals surface area contributed by atoms with Crippen molar-refractivity contribution >= 4 is 11.6 Å². The molecule has 14 heavy (non-hydrogen) atoms. The molecular weight excluding hydrogens is 198 g/mol. The van der Waals surface area contributed by atoms with Crippen LogP contribution >= 0.6 is 11.6 Å². The van der Waals surface area contributed by atoms with Crippen molar-refractivity contribution in [2.45, 2.75) is 26.0 Å². The lowest BCUT2D eigenvalue weighted by Gasteiger charge is -2.15. The van der Waals surface area contributed by atoms with Gasteiger partial charge in [-0.1, -0.05) is 23.7 Å². The van der Waals surface area contributed by atoms with Gasteiger partial charge in [-0.25, -0.2) is 0 Å². The van der Waals surface area contributed by atoms with Crippen LogP contribution in [0.1, 0.15) is 25.5 Å². The molecule has 0 saturated carbocycles. The van der Waals surface area contributed by atoms with Gasteiger partial charge in [-0.2, -0.15) is 0 Å². The summed E-state index contributed by atoms with van der Waals surface area (Å²) in [5.74, 6) is 0. The molecule has 0 aromatic heterocycles. The first-order valence-electron chi connectivity index (χ1n) is 4.76. The average molecular weight is 214 g/mol. The number of halogens is 1. The highest BCUT2D eigenvalue weighted by atomic mass is 35.5. The molecule has 1 rings (SSSR count). The highest BCUT2D eigenvalue weighted by Gasteiger charge is 2.05. The van der Waals surface area contributed by atoms with E-state index in [2.05, 4.69) is 5.32 Å². The Morgan fingerprint density at radius 3 is 2.71 bits per heavy atom. The van der Waals surface area contributed by atoms with Crippen LogP contribution in [0.2, 0.25) is 5.02 Å². The van der Waals surface area contributed by atoms with Crippen molar-refractivity contribution in [3.63, 3.8) is 0 Å². The number of benzene rings is 1. The fourth-order valence-corrected chi connectivity index (χ4v) is 1.44. The summed E-state index contributed by atoms with van der Waals surface area (Å²) in [6.45, 7) is 4.40.